The van der Waals surface area contributed by atoms with Gasteiger partial charge in [0.05, 0.1) is 11.6 Å². The monoisotopic (exact) mass is 747 g/mol. The fourth-order valence-electron chi connectivity index (χ4n) is 7.01. The van der Waals surface area contributed by atoms with Crippen LogP contribution in [0, 0.1) is 11.3 Å². The molecule has 0 aliphatic rings. The highest BCUT2D eigenvalue weighted by atomic mass is 32.1. The maximum Gasteiger partial charge on any atom is 0.164 e. The number of hydrogen-bond acceptors (Lipinski definition) is 8. The van der Waals surface area contributed by atoms with E-state index in [2.05, 4.69) is 42.5 Å². The molecule has 10 rings (SSSR count). The number of thiophene rings is 1. The molecule has 0 aliphatic carbocycles. The first-order valence-corrected chi connectivity index (χ1v) is 19.2. The van der Waals surface area contributed by atoms with Crippen LogP contribution < -0.4 is 0 Å². The van der Waals surface area contributed by atoms with E-state index in [-0.39, 0.29) is 0 Å². The summed E-state index contributed by atoms with van der Waals surface area (Å²) in [5.74, 6) is 3.63. The summed E-state index contributed by atoms with van der Waals surface area (Å²) in [6.45, 7) is 0. The first-order valence-electron chi connectivity index (χ1n) is 18.4. The third-order valence-electron chi connectivity index (χ3n) is 9.83. The SMILES string of the molecule is N#Cc1cccc(-c2ccc(-c3nc(-c4ccccc4)nc(-c4cccc5sc6cc(-c7nc(-c8ccccc8)nc(-c8ccccc8)n7)ccc6c45)n3)cc2)c1. The fraction of sp³-hybridized carbons (Fsp3) is 0. The molecule has 3 heterocycles. The van der Waals surface area contributed by atoms with Gasteiger partial charge in [-0.1, -0.05) is 152 Å². The van der Waals surface area contributed by atoms with Gasteiger partial charge in [0.2, 0.25) is 0 Å². The molecule has 0 radical (unpaired) electrons. The lowest BCUT2D eigenvalue weighted by Gasteiger charge is -2.10. The summed E-state index contributed by atoms with van der Waals surface area (Å²) < 4.78 is 2.23. The van der Waals surface area contributed by atoms with Crippen molar-refractivity contribution >= 4 is 31.5 Å². The van der Waals surface area contributed by atoms with Crippen LogP contribution in [0.1, 0.15) is 5.56 Å². The molecule has 3 aromatic heterocycles. The fourth-order valence-corrected chi connectivity index (χ4v) is 8.18. The molecule has 7 nitrogen and oxygen atoms in total. The van der Waals surface area contributed by atoms with Gasteiger partial charge in [-0.05, 0) is 35.4 Å². The number of benzene rings is 7. The molecule has 10 aromatic rings. The van der Waals surface area contributed by atoms with Crippen molar-refractivity contribution in [2.45, 2.75) is 0 Å². The van der Waals surface area contributed by atoms with Crippen molar-refractivity contribution in [2.75, 3.05) is 0 Å². The Morgan fingerprint density at radius 3 is 1.37 bits per heavy atom. The molecule has 0 atom stereocenters. The Morgan fingerprint density at radius 1 is 0.351 bits per heavy atom. The van der Waals surface area contributed by atoms with E-state index >= 15 is 0 Å². The Kier molecular flexibility index (Phi) is 8.60. The maximum absolute atomic E-state index is 9.42. The Balaban J connectivity index is 1.09. The van der Waals surface area contributed by atoms with E-state index in [1.54, 1.807) is 11.3 Å². The minimum Gasteiger partial charge on any atom is -0.208 e. The molecule has 266 valence electrons. The third kappa shape index (κ3) is 6.59. The van der Waals surface area contributed by atoms with Gasteiger partial charge < -0.3 is 0 Å². The summed E-state index contributed by atoms with van der Waals surface area (Å²) in [6, 6.07) is 60.7. The molecule has 0 unspecified atom stereocenters. The zero-order valence-corrected chi connectivity index (χ0v) is 31.1. The average molecular weight is 748 g/mol. The first-order chi connectivity index (χ1) is 28.2. The van der Waals surface area contributed by atoms with Crippen LogP contribution in [0.3, 0.4) is 0 Å². The largest absolute Gasteiger partial charge is 0.208 e. The van der Waals surface area contributed by atoms with Crippen molar-refractivity contribution in [3.63, 3.8) is 0 Å². The lowest BCUT2D eigenvalue weighted by atomic mass is 10.0. The lowest BCUT2D eigenvalue weighted by Crippen LogP contribution is -2.00. The second-order valence-corrected chi connectivity index (χ2v) is 14.6. The summed E-state index contributed by atoms with van der Waals surface area (Å²) >= 11 is 1.72. The highest BCUT2D eigenvalue weighted by molar-refractivity contribution is 7.26. The van der Waals surface area contributed by atoms with E-state index in [1.165, 1.54) is 0 Å². The van der Waals surface area contributed by atoms with Crippen LogP contribution in [0.15, 0.2) is 176 Å². The molecular weight excluding hydrogens is 719 g/mol. The molecule has 0 amide bonds. The summed E-state index contributed by atoms with van der Waals surface area (Å²) in [5, 5.41) is 11.6. The number of aromatic nitrogens is 6. The van der Waals surface area contributed by atoms with Crippen LogP contribution in [0.25, 0.3) is 99.6 Å². The Bertz CT molecular complexity index is 3060. The van der Waals surface area contributed by atoms with Crippen LogP contribution in [-0.2, 0) is 0 Å². The highest BCUT2D eigenvalue weighted by Gasteiger charge is 2.19. The molecule has 0 bridgehead atoms. The number of rotatable bonds is 7. The van der Waals surface area contributed by atoms with E-state index in [1.807, 2.05) is 140 Å². The van der Waals surface area contributed by atoms with Crippen molar-refractivity contribution in [3.8, 4) is 85.5 Å². The van der Waals surface area contributed by atoms with Gasteiger partial charge in [-0.15, -0.1) is 11.3 Å². The second kappa shape index (κ2) is 14.5. The highest BCUT2D eigenvalue weighted by Crippen LogP contribution is 2.41. The summed E-state index contributed by atoms with van der Waals surface area (Å²) in [4.78, 5) is 30.0. The topological polar surface area (TPSA) is 101 Å². The zero-order chi connectivity index (χ0) is 38.1. The van der Waals surface area contributed by atoms with Gasteiger partial charge in [-0.25, -0.2) is 29.9 Å². The van der Waals surface area contributed by atoms with E-state index in [0.29, 0.717) is 40.5 Å². The molecule has 7 aromatic carbocycles. The van der Waals surface area contributed by atoms with E-state index in [4.69, 9.17) is 29.9 Å². The molecule has 0 aliphatic heterocycles. The number of nitrogens with zero attached hydrogens (tertiary/aromatic N) is 7. The molecule has 8 heteroatoms. The Hall–Kier alpha value is -7.73. The predicted molar refractivity (Wildman–Crippen MR) is 229 cm³/mol. The van der Waals surface area contributed by atoms with Crippen molar-refractivity contribution in [1.82, 2.24) is 29.9 Å². The van der Waals surface area contributed by atoms with Gasteiger partial charge in [0.25, 0.3) is 0 Å². The lowest BCUT2D eigenvalue weighted by molar-refractivity contribution is 1.07. The summed E-state index contributed by atoms with van der Waals surface area (Å²) in [5.41, 5.74) is 8.07. The third-order valence-corrected chi connectivity index (χ3v) is 10.9. The average Bonchev–Trinajstić information content (AvgIpc) is 3.68. The standard InChI is InChI=1S/C49H29N7S/c50-30-31-12-10-19-37(28-31)32-22-24-36(25-23-32)47-52-46(35-17-8-3-9-18-35)55-49(56-47)40-20-11-21-41-43(40)39-27-26-38(29-42(39)57-41)48-53-44(33-13-4-1-5-14-33)51-45(54-48)34-15-6-2-7-16-34/h1-29H. The minimum absolute atomic E-state index is 0.577. The molecule has 0 N–H and O–H groups in total. The number of hydrogen-bond donors (Lipinski definition) is 0. The molecule has 57 heavy (non-hydrogen) atoms. The van der Waals surface area contributed by atoms with Gasteiger partial charge in [0, 0.05) is 53.6 Å². The normalized spacial score (nSPS) is 11.1. The Labute approximate surface area is 332 Å². The molecule has 0 saturated carbocycles. The summed E-state index contributed by atoms with van der Waals surface area (Å²) in [6.07, 6.45) is 0. The van der Waals surface area contributed by atoms with Crippen molar-refractivity contribution in [3.05, 3.63) is 181 Å². The van der Waals surface area contributed by atoms with Crippen molar-refractivity contribution < 1.29 is 0 Å². The zero-order valence-electron chi connectivity index (χ0n) is 30.3. The second-order valence-electron chi connectivity index (χ2n) is 13.5. The van der Waals surface area contributed by atoms with Gasteiger partial charge in [-0.3, -0.25) is 0 Å². The van der Waals surface area contributed by atoms with Gasteiger partial charge in [-0.2, -0.15) is 5.26 Å². The van der Waals surface area contributed by atoms with Crippen LogP contribution in [0.2, 0.25) is 0 Å². The molecular formula is C49H29N7S. The van der Waals surface area contributed by atoms with Crippen molar-refractivity contribution in [2.24, 2.45) is 0 Å². The predicted octanol–water partition coefficient (Wildman–Crippen LogP) is 12.0. The molecule has 0 fully saturated rings. The van der Waals surface area contributed by atoms with Crippen molar-refractivity contribution in [1.29, 1.82) is 5.26 Å². The molecule has 0 spiro atoms. The van der Waals surface area contributed by atoms with Gasteiger partial charge >= 0.3 is 0 Å². The quantitative estimate of drug-likeness (QED) is 0.160. The van der Waals surface area contributed by atoms with Crippen LogP contribution in [0.5, 0.6) is 0 Å². The van der Waals surface area contributed by atoms with E-state index in [9.17, 15) is 5.26 Å². The van der Waals surface area contributed by atoms with E-state index < -0.39 is 0 Å². The van der Waals surface area contributed by atoms with Crippen LogP contribution in [-0.4, -0.2) is 29.9 Å². The number of fused-ring (bicyclic) bond motifs is 3. The summed E-state index contributed by atoms with van der Waals surface area (Å²) in [7, 11) is 0. The maximum atomic E-state index is 9.42. The van der Waals surface area contributed by atoms with Gasteiger partial charge in [0.15, 0.2) is 34.9 Å². The minimum atomic E-state index is 0.577. The van der Waals surface area contributed by atoms with Crippen LogP contribution >= 0.6 is 11.3 Å². The van der Waals surface area contributed by atoms with Gasteiger partial charge in [0.1, 0.15) is 0 Å². The molecule has 0 saturated heterocycles. The first kappa shape index (κ1) is 33.8. The smallest absolute Gasteiger partial charge is 0.164 e. The number of nitriles is 1. The Morgan fingerprint density at radius 2 is 0.807 bits per heavy atom. The van der Waals surface area contributed by atoms with E-state index in [0.717, 1.165) is 64.7 Å². The van der Waals surface area contributed by atoms with Crippen LogP contribution in [0.4, 0.5) is 0 Å².